The molecule has 2 aliphatic rings. The average molecular weight is 356 g/mol. The van der Waals surface area contributed by atoms with Gasteiger partial charge < -0.3 is 14.9 Å². The minimum Gasteiger partial charge on any atom is -0.390 e. The Kier molecular flexibility index (Phi) is 5.24. The van der Waals surface area contributed by atoms with Gasteiger partial charge in [0.25, 0.3) is 0 Å². The second-order valence-electron chi connectivity index (χ2n) is 6.45. The van der Waals surface area contributed by atoms with Crippen LogP contribution in [0.4, 0.5) is 0 Å². The Morgan fingerprint density at radius 3 is 2.50 bits per heavy atom. The van der Waals surface area contributed by atoms with Gasteiger partial charge in [-0.1, -0.05) is 18.2 Å². The first-order valence-corrected chi connectivity index (χ1v) is 9.62. The van der Waals surface area contributed by atoms with Crippen molar-refractivity contribution in [3.63, 3.8) is 0 Å². The minimum absolute atomic E-state index is 0.108. The third-order valence-electron chi connectivity index (χ3n) is 4.70. The number of benzene rings is 1. The van der Waals surface area contributed by atoms with Crippen LogP contribution >= 0.6 is 0 Å². The van der Waals surface area contributed by atoms with Crippen LogP contribution in [-0.2, 0) is 14.8 Å². The van der Waals surface area contributed by atoms with Crippen LogP contribution < -0.4 is 0 Å². The highest BCUT2D eigenvalue weighted by Crippen LogP contribution is 2.28. The van der Waals surface area contributed by atoms with Crippen molar-refractivity contribution in [3.05, 3.63) is 30.3 Å². The van der Waals surface area contributed by atoms with Gasteiger partial charge in [0.2, 0.25) is 10.0 Å². The van der Waals surface area contributed by atoms with E-state index in [1.54, 1.807) is 30.3 Å². The van der Waals surface area contributed by atoms with E-state index in [0.29, 0.717) is 26.3 Å². The molecule has 0 unspecified atom stereocenters. The molecular weight excluding hydrogens is 332 g/mol. The number of β-amino-alcohol motifs (C(OH)–C–C–N with tert-alkyl or cyclic N) is 1. The molecule has 2 atom stereocenters. The number of piperidine rings is 1. The number of rotatable bonds is 4. The molecule has 1 aromatic carbocycles. The summed E-state index contributed by atoms with van der Waals surface area (Å²) in [6, 6.07) is 8.19. The van der Waals surface area contributed by atoms with Gasteiger partial charge in [-0.3, -0.25) is 4.90 Å². The molecule has 0 bridgehead atoms. The lowest BCUT2D eigenvalue weighted by Gasteiger charge is -2.44. The Morgan fingerprint density at radius 2 is 1.83 bits per heavy atom. The summed E-state index contributed by atoms with van der Waals surface area (Å²) in [6.07, 6.45) is -0.727. The van der Waals surface area contributed by atoms with Crippen LogP contribution in [0.25, 0.3) is 0 Å². The van der Waals surface area contributed by atoms with Crippen molar-refractivity contribution in [2.75, 3.05) is 45.9 Å². The van der Waals surface area contributed by atoms with Gasteiger partial charge in [0.05, 0.1) is 24.2 Å². The summed E-state index contributed by atoms with van der Waals surface area (Å²) >= 11 is 0. The van der Waals surface area contributed by atoms with Gasteiger partial charge in [-0.25, -0.2) is 8.42 Å². The van der Waals surface area contributed by atoms with Crippen molar-refractivity contribution in [2.45, 2.75) is 23.0 Å². The summed E-state index contributed by atoms with van der Waals surface area (Å²) in [4.78, 5) is 2.21. The fraction of sp³-hybridized carbons (Fsp3) is 0.625. The molecule has 2 aliphatic heterocycles. The molecule has 0 spiro atoms. The van der Waals surface area contributed by atoms with E-state index in [1.165, 1.54) is 4.31 Å². The molecule has 2 heterocycles. The maximum Gasteiger partial charge on any atom is 0.243 e. The number of aliphatic hydroxyl groups excluding tert-OH is 1. The Bertz CT molecular complexity index is 648. The summed E-state index contributed by atoms with van der Waals surface area (Å²) in [6.45, 7) is 2.82. The Hall–Kier alpha value is -1.03. The maximum atomic E-state index is 12.8. The third-order valence-corrected chi connectivity index (χ3v) is 6.56. The molecule has 3 rings (SSSR count). The second-order valence-corrected chi connectivity index (χ2v) is 8.39. The van der Waals surface area contributed by atoms with E-state index in [-0.39, 0.29) is 31.0 Å². The molecular formula is C16H24N2O5S. The monoisotopic (exact) mass is 356 g/mol. The number of nitrogens with zero attached hydrogens (tertiary/aromatic N) is 2. The predicted octanol–water partition coefficient (Wildman–Crippen LogP) is -0.495. The van der Waals surface area contributed by atoms with Gasteiger partial charge in [-0.15, -0.1) is 0 Å². The highest BCUT2D eigenvalue weighted by atomic mass is 32.2. The lowest BCUT2D eigenvalue weighted by molar-refractivity contribution is -0.127. The fourth-order valence-electron chi connectivity index (χ4n) is 3.27. The summed E-state index contributed by atoms with van der Waals surface area (Å²) in [5.41, 5.74) is -1.47. The first-order chi connectivity index (χ1) is 11.4. The van der Waals surface area contributed by atoms with E-state index in [9.17, 15) is 18.6 Å². The first kappa shape index (κ1) is 17.8. The highest BCUT2D eigenvalue weighted by Gasteiger charge is 2.45. The number of hydrogen-bond donors (Lipinski definition) is 2. The van der Waals surface area contributed by atoms with E-state index >= 15 is 0 Å². The number of sulfonamides is 1. The van der Waals surface area contributed by atoms with Crippen LogP contribution in [-0.4, -0.2) is 85.5 Å². The van der Waals surface area contributed by atoms with Gasteiger partial charge >= 0.3 is 0 Å². The molecule has 0 radical (unpaired) electrons. The SMILES string of the molecule is O=S(=O)(c1ccccc1)N1CC[C@H](O)[C@@](O)(CN2CCOCC2)C1. The summed E-state index contributed by atoms with van der Waals surface area (Å²) < 4.78 is 32.1. The Balaban J connectivity index is 1.77. The maximum absolute atomic E-state index is 12.8. The molecule has 2 N–H and O–H groups in total. The normalized spacial score (nSPS) is 30.3. The van der Waals surface area contributed by atoms with Crippen molar-refractivity contribution in [3.8, 4) is 0 Å². The number of aliphatic hydroxyl groups is 2. The molecule has 1 aromatic rings. The van der Waals surface area contributed by atoms with Gasteiger partial charge in [0, 0.05) is 32.7 Å². The van der Waals surface area contributed by atoms with Gasteiger partial charge in [0.15, 0.2) is 0 Å². The summed E-state index contributed by atoms with van der Waals surface area (Å²) in [5.74, 6) is 0. The quantitative estimate of drug-likeness (QED) is 0.756. The van der Waals surface area contributed by atoms with Crippen molar-refractivity contribution < 1.29 is 23.4 Å². The summed E-state index contributed by atoms with van der Waals surface area (Å²) in [7, 11) is -3.68. The Morgan fingerprint density at radius 1 is 1.17 bits per heavy atom. The predicted molar refractivity (Wildman–Crippen MR) is 88.0 cm³/mol. The standard InChI is InChI=1S/C16H24N2O5S/c19-15-6-7-18(24(21,22)14-4-2-1-3-5-14)13-16(15,20)12-17-8-10-23-11-9-17/h1-5,15,19-20H,6-13H2/t15-,16+/m0/s1. The van der Waals surface area contributed by atoms with E-state index in [1.807, 2.05) is 4.90 Å². The zero-order chi connectivity index (χ0) is 17.2. The van der Waals surface area contributed by atoms with Gasteiger partial charge in [-0.2, -0.15) is 4.31 Å². The smallest absolute Gasteiger partial charge is 0.243 e. The largest absolute Gasteiger partial charge is 0.390 e. The zero-order valence-electron chi connectivity index (χ0n) is 13.5. The topological polar surface area (TPSA) is 90.3 Å². The lowest BCUT2D eigenvalue weighted by Crippen LogP contribution is -2.63. The lowest BCUT2D eigenvalue weighted by atomic mass is 9.90. The average Bonchev–Trinajstić information content (AvgIpc) is 2.59. The van der Waals surface area contributed by atoms with Crippen molar-refractivity contribution in [1.82, 2.24) is 9.21 Å². The number of morpholine rings is 1. The van der Waals surface area contributed by atoms with Crippen LogP contribution in [0.1, 0.15) is 6.42 Å². The number of ether oxygens (including phenoxy) is 1. The summed E-state index contributed by atoms with van der Waals surface area (Å²) in [5, 5.41) is 21.2. The van der Waals surface area contributed by atoms with Gasteiger partial charge in [0.1, 0.15) is 5.60 Å². The molecule has 0 amide bonds. The highest BCUT2D eigenvalue weighted by molar-refractivity contribution is 7.89. The molecule has 8 heteroatoms. The van der Waals surface area contributed by atoms with Crippen LogP contribution in [0.3, 0.4) is 0 Å². The molecule has 0 saturated carbocycles. The molecule has 7 nitrogen and oxygen atoms in total. The minimum atomic E-state index is -3.68. The van der Waals surface area contributed by atoms with Crippen LogP contribution in [0, 0.1) is 0 Å². The van der Waals surface area contributed by atoms with E-state index < -0.39 is 21.7 Å². The molecule has 0 aromatic heterocycles. The zero-order valence-corrected chi connectivity index (χ0v) is 14.4. The second kappa shape index (κ2) is 7.07. The van der Waals surface area contributed by atoms with Crippen LogP contribution in [0.15, 0.2) is 35.2 Å². The van der Waals surface area contributed by atoms with Crippen molar-refractivity contribution >= 4 is 10.0 Å². The van der Waals surface area contributed by atoms with E-state index in [4.69, 9.17) is 4.74 Å². The van der Waals surface area contributed by atoms with Crippen LogP contribution in [0.5, 0.6) is 0 Å². The first-order valence-electron chi connectivity index (χ1n) is 8.18. The molecule has 134 valence electrons. The number of hydrogen-bond acceptors (Lipinski definition) is 6. The van der Waals surface area contributed by atoms with Gasteiger partial charge in [-0.05, 0) is 18.6 Å². The molecule has 24 heavy (non-hydrogen) atoms. The van der Waals surface area contributed by atoms with Crippen molar-refractivity contribution in [1.29, 1.82) is 0 Å². The van der Waals surface area contributed by atoms with Crippen LogP contribution in [0.2, 0.25) is 0 Å². The fourth-order valence-corrected chi connectivity index (χ4v) is 4.81. The third kappa shape index (κ3) is 3.63. The molecule has 2 saturated heterocycles. The van der Waals surface area contributed by atoms with E-state index in [0.717, 1.165) is 0 Å². The van der Waals surface area contributed by atoms with E-state index in [2.05, 4.69) is 0 Å². The van der Waals surface area contributed by atoms with Crippen molar-refractivity contribution in [2.24, 2.45) is 0 Å². The molecule has 0 aliphatic carbocycles. The molecule has 2 fully saturated rings. The Labute approximate surface area is 142 Å².